The average Bonchev–Trinajstić information content (AvgIpc) is 2.49. The third-order valence-corrected chi connectivity index (χ3v) is 2.92. The zero-order valence-electron chi connectivity index (χ0n) is 10.3. The van der Waals surface area contributed by atoms with Gasteiger partial charge in [-0.05, 0) is 36.3 Å². The first-order chi connectivity index (χ1) is 7.15. The van der Waals surface area contributed by atoms with Crippen LogP contribution >= 0.6 is 0 Å². The summed E-state index contributed by atoms with van der Waals surface area (Å²) in [5.74, 6) is 0.546. The molecule has 86 valence electrons. The molecule has 0 aromatic carbocycles. The van der Waals surface area contributed by atoms with E-state index < -0.39 is 0 Å². The van der Waals surface area contributed by atoms with Gasteiger partial charge in [0.15, 0.2) is 0 Å². The van der Waals surface area contributed by atoms with Crippen LogP contribution in [0.2, 0.25) is 0 Å². The second-order valence-corrected chi connectivity index (χ2v) is 4.81. The van der Waals surface area contributed by atoms with Crippen LogP contribution in [0, 0.1) is 5.92 Å². The van der Waals surface area contributed by atoms with E-state index in [1.807, 2.05) is 0 Å². The van der Waals surface area contributed by atoms with Crippen molar-refractivity contribution in [2.75, 3.05) is 0 Å². The second-order valence-electron chi connectivity index (χ2n) is 4.81. The lowest BCUT2D eigenvalue weighted by atomic mass is 10.1. The number of aliphatic hydroxyl groups excluding tert-OH is 1. The average molecular weight is 208 g/mol. The summed E-state index contributed by atoms with van der Waals surface area (Å²) in [7, 11) is 0. The molecule has 1 saturated carbocycles. The van der Waals surface area contributed by atoms with Crippen molar-refractivity contribution < 1.29 is 5.11 Å². The number of allylic oxidation sites excluding steroid dienone is 2. The molecule has 0 bridgehead atoms. The lowest BCUT2D eigenvalue weighted by Gasteiger charge is -2.08. The molecule has 0 spiro atoms. The van der Waals surface area contributed by atoms with Gasteiger partial charge in [-0.2, -0.15) is 0 Å². The Bertz CT molecular complexity index is 248. The smallest absolute Gasteiger partial charge is 0.0961 e. The SMILES string of the molecule is CCCCC=C1CCC(=CC(C)C)C1O. The van der Waals surface area contributed by atoms with Gasteiger partial charge in [0.2, 0.25) is 0 Å². The van der Waals surface area contributed by atoms with Crippen LogP contribution in [0.5, 0.6) is 0 Å². The summed E-state index contributed by atoms with van der Waals surface area (Å²) in [6.45, 7) is 6.53. The summed E-state index contributed by atoms with van der Waals surface area (Å²) in [5, 5.41) is 10.1. The molecule has 0 saturated heterocycles. The van der Waals surface area contributed by atoms with Crippen LogP contribution in [-0.2, 0) is 0 Å². The van der Waals surface area contributed by atoms with Crippen molar-refractivity contribution >= 4 is 0 Å². The van der Waals surface area contributed by atoms with Crippen molar-refractivity contribution in [1.82, 2.24) is 0 Å². The fraction of sp³-hybridized carbons (Fsp3) is 0.714. The van der Waals surface area contributed by atoms with Gasteiger partial charge in [-0.25, -0.2) is 0 Å². The van der Waals surface area contributed by atoms with Gasteiger partial charge in [0, 0.05) is 0 Å². The highest BCUT2D eigenvalue weighted by Crippen LogP contribution is 2.31. The van der Waals surface area contributed by atoms with Gasteiger partial charge in [-0.15, -0.1) is 0 Å². The topological polar surface area (TPSA) is 20.2 Å². The van der Waals surface area contributed by atoms with E-state index in [1.54, 1.807) is 0 Å². The third kappa shape index (κ3) is 3.83. The molecule has 0 radical (unpaired) electrons. The molecule has 1 nitrogen and oxygen atoms in total. The van der Waals surface area contributed by atoms with Gasteiger partial charge < -0.3 is 5.11 Å². The van der Waals surface area contributed by atoms with Crippen molar-refractivity contribution in [3.63, 3.8) is 0 Å². The first-order valence-electron chi connectivity index (χ1n) is 6.22. The second kappa shape index (κ2) is 6.12. The number of unbranched alkanes of at least 4 members (excludes halogenated alkanes) is 2. The molecule has 0 heterocycles. The Kier molecular flexibility index (Phi) is 5.10. The molecular weight excluding hydrogens is 184 g/mol. The molecule has 0 aliphatic heterocycles. The summed E-state index contributed by atoms with van der Waals surface area (Å²) >= 11 is 0. The molecule has 1 aliphatic carbocycles. The lowest BCUT2D eigenvalue weighted by Crippen LogP contribution is -2.06. The summed E-state index contributed by atoms with van der Waals surface area (Å²) in [6.07, 6.45) is 9.89. The molecule has 1 aliphatic rings. The maximum atomic E-state index is 10.1. The van der Waals surface area contributed by atoms with E-state index in [9.17, 15) is 5.11 Å². The molecule has 1 rings (SSSR count). The Morgan fingerprint density at radius 2 is 2.00 bits per heavy atom. The van der Waals surface area contributed by atoms with E-state index in [-0.39, 0.29) is 6.10 Å². The summed E-state index contributed by atoms with van der Waals surface area (Å²) in [6, 6.07) is 0. The molecule has 0 aromatic rings. The molecule has 15 heavy (non-hydrogen) atoms. The molecule has 0 amide bonds. The van der Waals surface area contributed by atoms with Crippen molar-refractivity contribution in [2.24, 2.45) is 5.92 Å². The summed E-state index contributed by atoms with van der Waals surface area (Å²) < 4.78 is 0. The van der Waals surface area contributed by atoms with Crippen molar-refractivity contribution in [2.45, 2.75) is 59.0 Å². The highest BCUT2D eigenvalue weighted by molar-refractivity contribution is 5.30. The zero-order valence-corrected chi connectivity index (χ0v) is 10.3. The van der Waals surface area contributed by atoms with Gasteiger partial charge in [0.1, 0.15) is 0 Å². The highest BCUT2D eigenvalue weighted by Gasteiger charge is 2.23. The quantitative estimate of drug-likeness (QED) is 0.550. The first kappa shape index (κ1) is 12.5. The van der Waals surface area contributed by atoms with Crippen LogP contribution in [0.4, 0.5) is 0 Å². The van der Waals surface area contributed by atoms with E-state index >= 15 is 0 Å². The van der Waals surface area contributed by atoms with E-state index in [2.05, 4.69) is 32.9 Å². The Balaban J connectivity index is 2.55. The van der Waals surface area contributed by atoms with Crippen LogP contribution in [0.1, 0.15) is 52.9 Å². The summed E-state index contributed by atoms with van der Waals surface area (Å²) in [5.41, 5.74) is 2.48. The number of hydrogen-bond acceptors (Lipinski definition) is 1. The van der Waals surface area contributed by atoms with Gasteiger partial charge in [-0.1, -0.05) is 45.8 Å². The van der Waals surface area contributed by atoms with E-state index in [0.29, 0.717) is 5.92 Å². The van der Waals surface area contributed by atoms with E-state index in [1.165, 1.54) is 24.0 Å². The fourth-order valence-electron chi connectivity index (χ4n) is 2.11. The van der Waals surface area contributed by atoms with Gasteiger partial charge in [0.05, 0.1) is 6.10 Å². The monoisotopic (exact) mass is 208 g/mol. The number of hydrogen-bond donors (Lipinski definition) is 1. The van der Waals surface area contributed by atoms with Crippen molar-refractivity contribution in [1.29, 1.82) is 0 Å². The molecule has 1 atom stereocenters. The Morgan fingerprint density at radius 3 is 2.60 bits per heavy atom. The highest BCUT2D eigenvalue weighted by atomic mass is 16.3. The Hall–Kier alpha value is -0.560. The van der Waals surface area contributed by atoms with Crippen molar-refractivity contribution in [3.05, 3.63) is 23.3 Å². The van der Waals surface area contributed by atoms with Crippen molar-refractivity contribution in [3.8, 4) is 0 Å². The maximum Gasteiger partial charge on any atom is 0.0961 e. The van der Waals surface area contributed by atoms with Crippen LogP contribution in [0.3, 0.4) is 0 Å². The van der Waals surface area contributed by atoms with Crippen LogP contribution in [0.15, 0.2) is 23.3 Å². The molecule has 0 aromatic heterocycles. The first-order valence-corrected chi connectivity index (χ1v) is 6.22. The van der Waals surface area contributed by atoms with E-state index in [0.717, 1.165) is 19.3 Å². The Labute approximate surface area is 93.9 Å². The molecule has 1 N–H and O–H groups in total. The minimum absolute atomic E-state index is 0.274. The van der Waals surface area contributed by atoms with Crippen LogP contribution in [0.25, 0.3) is 0 Å². The molecular formula is C14H24O. The largest absolute Gasteiger partial charge is 0.384 e. The molecule has 1 unspecified atom stereocenters. The van der Waals surface area contributed by atoms with Gasteiger partial charge >= 0.3 is 0 Å². The number of aliphatic hydroxyl groups is 1. The normalized spacial score (nSPS) is 27.1. The van der Waals surface area contributed by atoms with Gasteiger partial charge in [-0.3, -0.25) is 0 Å². The summed E-state index contributed by atoms with van der Waals surface area (Å²) in [4.78, 5) is 0. The zero-order chi connectivity index (χ0) is 11.3. The predicted molar refractivity (Wildman–Crippen MR) is 65.8 cm³/mol. The van der Waals surface area contributed by atoms with Gasteiger partial charge in [0.25, 0.3) is 0 Å². The molecule has 1 fully saturated rings. The van der Waals surface area contributed by atoms with E-state index in [4.69, 9.17) is 0 Å². The molecule has 1 heteroatoms. The minimum atomic E-state index is -0.274. The van der Waals surface area contributed by atoms with Crippen LogP contribution in [-0.4, -0.2) is 11.2 Å². The minimum Gasteiger partial charge on any atom is -0.384 e. The third-order valence-electron chi connectivity index (χ3n) is 2.92. The fourth-order valence-corrected chi connectivity index (χ4v) is 2.11. The predicted octanol–water partition coefficient (Wildman–Crippen LogP) is 3.84. The standard InChI is InChI=1S/C14H24O/c1-4-5-6-7-12-8-9-13(14(12)15)10-11(2)3/h7,10-11,14-15H,4-6,8-9H2,1-3H3. The lowest BCUT2D eigenvalue weighted by molar-refractivity contribution is 0.254. The maximum absolute atomic E-state index is 10.1. The Morgan fingerprint density at radius 1 is 1.33 bits per heavy atom. The number of rotatable bonds is 4. The van der Waals surface area contributed by atoms with Crippen LogP contribution < -0.4 is 0 Å².